The molecule has 124 valence electrons. The summed E-state index contributed by atoms with van der Waals surface area (Å²) in [5, 5.41) is 0. The van der Waals surface area contributed by atoms with Gasteiger partial charge >= 0.3 is 0 Å². The molecule has 2 rings (SSSR count). The zero-order valence-electron chi connectivity index (χ0n) is 13.9. The van der Waals surface area contributed by atoms with Crippen molar-refractivity contribution in [2.24, 2.45) is 0 Å². The van der Waals surface area contributed by atoms with Crippen molar-refractivity contribution in [2.75, 3.05) is 37.6 Å². The molecule has 1 aliphatic heterocycles. The van der Waals surface area contributed by atoms with Crippen LogP contribution in [0.3, 0.4) is 0 Å². The maximum atomic E-state index is 12.5. The first kappa shape index (κ1) is 17.0. The van der Waals surface area contributed by atoms with Crippen LogP contribution in [0.4, 0.5) is 5.69 Å². The predicted octanol–water partition coefficient (Wildman–Crippen LogP) is 1.04. The molecule has 0 aromatic heterocycles. The summed E-state index contributed by atoms with van der Waals surface area (Å²) in [6.07, 6.45) is 0. The van der Waals surface area contributed by atoms with Crippen molar-refractivity contribution in [3.05, 3.63) is 29.8 Å². The SMILES string of the molecule is CC(=O)N1CCN(C(=O)CN(C(C)=O)c2ccc(C)cc2)CC1. The Morgan fingerprint density at radius 3 is 1.96 bits per heavy atom. The van der Waals surface area contributed by atoms with Crippen molar-refractivity contribution in [2.45, 2.75) is 20.8 Å². The van der Waals surface area contributed by atoms with Crippen LogP contribution in [0, 0.1) is 6.92 Å². The number of anilines is 1. The maximum Gasteiger partial charge on any atom is 0.242 e. The van der Waals surface area contributed by atoms with E-state index < -0.39 is 0 Å². The lowest BCUT2D eigenvalue weighted by Gasteiger charge is -2.35. The van der Waals surface area contributed by atoms with Gasteiger partial charge in [-0.2, -0.15) is 0 Å². The number of rotatable bonds is 3. The number of carbonyl (C=O) groups is 3. The number of piperazine rings is 1. The molecule has 0 N–H and O–H groups in total. The first-order valence-electron chi connectivity index (χ1n) is 7.76. The Hall–Kier alpha value is -2.37. The van der Waals surface area contributed by atoms with E-state index in [-0.39, 0.29) is 24.3 Å². The van der Waals surface area contributed by atoms with Crippen molar-refractivity contribution in [3.8, 4) is 0 Å². The summed E-state index contributed by atoms with van der Waals surface area (Å²) in [5.74, 6) is -0.226. The minimum absolute atomic E-state index is 0.0263. The van der Waals surface area contributed by atoms with Gasteiger partial charge in [-0.3, -0.25) is 14.4 Å². The molecule has 6 heteroatoms. The minimum Gasteiger partial charge on any atom is -0.339 e. The number of aryl methyl sites for hydroxylation is 1. The van der Waals surface area contributed by atoms with E-state index >= 15 is 0 Å². The molecule has 1 aromatic rings. The van der Waals surface area contributed by atoms with Gasteiger partial charge in [-0.15, -0.1) is 0 Å². The molecule has 0 saturated carbocycles. The molecule has 0 atom stereocenters. The second-order valence-corrected chi connectivity index (χ2v) is 5.83. The number of nitrogens with zero attached hydrogens (tertiary/aromatic N) is 3. The summed E-state index contributed by atoms with van der Waals surface area (Å²) in [5.41, 5.74) is 1.82. The smallest absolute Gasteiger partial charge is 0.242 e. The summed E-state index contributed by atoms with van der Waals surface area (Å²) in [4.78, 5) is 40.6. The highest BCUT2D eigenvalue weighted by Gasteiger charge is 2.25. The molecule has 0 spiro atoms. The molecule has 6 nitrogen and oxygen atoms in total. The van der Waals surface area contributed by atoms with Crippen LogP contribution in [0.15, 0.2) is 24.3 Å². The largest absolute Gasteiger partial charge is 0.339 e. The van der Waals surface area contributed by atoms with E-state index in [0.717, 1.165) is 11.3 Å². The van der Waals surface area contributed by atoms with Crippen LogP contribution in [-0.4, -0.2) is 60.2 Å². The molecule has 1 saturated heterocycles. The van der Waals surface area contributed by atoms with Gasteiger partial charge in [-0.1, -0.05) is 17.7 Å². The van der Waals surface area contributed by atoms with Gasteiger partial charge in [0, 0.05) is 45.7 Å². The van der Waals surface area contributed by atoms with Crippen molar-refractivity contribution >= 4 is 23.4 Å². The predicted molar refractivity (Wildman–Crippen MR) is 88.0 cm³/mol. The average molecular weight is 317 g/mol. The van der Waals surface area contributed by atoms with E-state index in [0.29, 0.717) is 26.2 Å². The molecule has 0 radical (unpaired) electrons. The van der Waals surface area contributed by atoms with Crippen molar-refractivity contribution in [1.29, 1.82) is 0 Å². The van der Waals surface area contributed by atoms with Gasteiger partial charge in [0.25, 0.3) is 0 Å². The zero-order valence-corrected chi connectivity index (χ0v) is 13.9. The fourth-order valence-corrected chi connectivity index (χ4v) is 2.62. The van der Waals surface area contributed by atoms with Crippen molar-refractivity contribution in [1.82, 2.24) is 9.80 Å². The second-order valence-electron chi connectivity index (χ2n) is 5.83. The summed E-state index contributed by atoms with van der Waals surface area (Å²) >= 11 is 0. The van der Waals surface area contributed by atoms with Crippen LogP contribution >= 0.6 is 0 Å². The number of amides is 3. The average Bonchev–Trinajstić information content (AvgIpc) is 2.53. The number of hydrogen-bond donors (Lipinski definition) is 0. The third-order valence-corrected chi connectivity index (χ3v) is 4.10. The number of carbonyl (C=O) groups excluding carboxylic acids is 3. The molecule has 0 bridgehead atoms. The molecule has 1 fully saturated rings. The van der Waals surface area contributed by atoms with E-state index in [1.807, 2.05) is 31.2 Å². The normalized spacial score (nSPS) is 14.6. The molecule has 3 amide bonds. The molecule has 0 aliphatic carbocycles. The van der Waals surface area contributed by atoms with Gasteiger partial charge in [0.2, 0.25) is 17.7 Å². The van der Waals surface area contributed by atoms with E-state index in [9.17, 15) is 14.4 Å². The Morgan fingerprint density at radius 2 is 1.48 bits per heavy atom. The number of hydrogen-bond acceptors (Lipinski definition) is 3. The van der Waals surface area contributed by atoms with Crippen LogP contribution in [-0.2, 0) is 14.4 Å². The molecular weight excluding hydrogens is 294 g/mol. The van der Waals surface area contributed by atoms with Crippen LogP contribution < -0.4 is 4.90 Å². The van der Waals surface area contributed by atoms with Gasteiger partial charge in [0.1, 0.15) is 6.54 Å². The van der Waals surface area contributed by atoms with E-state index in [1.54, 1.807) is 9.80 Å². The molecule has 0 unspecified atom stereocenters. The van der Waals surface area contributed by atoms with E-state index in [2.05, 4.69) is 0 Å². The first-order chi connectivity index (χ1) is 10.9. The Labute approximate surface area is 136 Å². The number of benzene rings is 1. The Kier molecular flexibility index (Phi) is 5.36. The molecule has 1 aliphatic rings. The van der Waals surface area contributed by atoms with Gasteiger partial charge in [0.15, 0.2) is 0 Å². The fraction of sp³-hybridized carbons (Fsp3) is 0.471. The van der Waals surface area contributed by atoms with Crippen LogP contribution in [0.1, 0.15) is 19.4 Å². The molecular formula is C17H23N3O3. The van der Waals surface area contributed by atoms with Crippen LogP contribution in [0.25, 0.3) is 0 Å². The van der Waals surface area contributed by atoms with Gasteiger partial charge < -0.3 is 14.7 Å². The Morgan fingerprint density at radius 1 is 0.957 bits per heavy atom. The standard InChI is InChI=1S/C17H23N3O3/c1-13-4-6-16(7-5-13)20(15(3)22)12-17(23)19-10-8-18(9-11-19)14(2)21/h4-7H,8-12H2,1-3H3. The highest BCUT2D eigenvalue weighted by atomic mass is 16.2. The fourth-order valence-electron chi connectivity index (χ4n) is 2.62. The summed E-state index contributed by atoms with van der Waals surface area (Å²) in [6, 6.07) is 7.53. The lowest BCUT2D eigenvalue weighted by atomic mass is 10.2. The summed E-state index contributed by atoms with van der Waals surface area (Å²) in [6.45, 7) is 7.11. The van der Waals surface area contributed by atoms with Crippen molar-refractivity contribution in [3.63, 3.8) is 0 Å². The third-order valence-electron chi connectivity index (χ3n) is 4.10. The van der Waals surface area contributed by atoms with Gasteiger partial charge in [-0.25, -0.2) is 0 Å². The van der Waals surface area contributed by atoms with Gasteiger partial charge in [0.05, 0.1) is 0 Å². The zero-order chi connectivity index (χ0) is 17.0. The summed E-state index contributed by atoms with van der Waals surface area (Å²) in [7, 11) is 0. The monoisotopic (exact) mass is 317 g/mol. The second kappa shape index (κ2) is 7.26. The topological polar surface area (TPSA) is 60.9 Å². The lowest BCUT2D eigenvalue weighted by Crippen LogP contribution is -2.52. The summed E-state index contributed by atoms with van der Waals surface area (Å²) < 4.78 is 0. The first-order valence-corrected chi connectivity index (χ1v) is 7.76. The third kappa shape index (κ3) is 4.31. The maximum absolute atomic E-state index is 12.5. The highest BCUT2D eigenvalue weighted by Crippen LogP contribution is 2.16. The lowest BCUT2D eigenvalue weighted by molar-refractivity contribution is -0.137. The Bertz CT molecular complexity index is 590. The van der Waals surface area contributed by atoms with Crippen molar-refractivity contribution < 1.29 is 14.4 Å². The highest BCUT2D eigenvalue weighted by molar-refractivity contribution is 5.97. The molecule has 23 heavy (non-hydrogen) atoms. The van der Waals surface area contributed by atoms with Gasteiger partial charge in [-0.05, 0) is 19.1 Å². The van der Waals surface area contributed by atoms with E-state index in [4.69, 9.17) is 0 Å². The molecule has 1 heterocycles. The minimum atomic E-state index is -0.162. The van der Waals surface area contributed by atoms with E-state index in [1.165, 1.54) is 18.7 Å². The quantitative estimate of drug-likeness (QED) is 0.837. The van der Waals surface area contributed by atoms with Crippen LogP contribution in [0.5, 0.6) is 0 Å². The Balaban J connectivity index is 2.00. The molecule has 1 aromatic carbocycles. The van der Waals surface area contributed by atoms with Crippen LogP contribution in [0.2, 0.25) is 0 Å².